The van der Waals surface area contributed by atoms with E-state index in [1.54, 1.807) is 0 Å². The molecule has 43 heavy (non-hydrogen) atoms. The van der Waals surface area contributed by atoms with Gasteiger partial charge in [-0.1, -0.05) is 37.3 Å². The molecule has 2 aromatic heterocycles. The Labute approximate surface area is 249 Å². The third-order valence-electron chi connectivity index (χ3n) is 7.35. The van der Waals surface area contributed by atoms with Crippen LogP contribution < -0.4 is 4.90 Å². The number of hydrogen-bond donors (Lipinski definition) is 0. The van der Waals surface area contributed by atoms with Crippen LogP contribution in [0.3, 0.4) is 0 Å². The number of benzene rings is 4. The highest BCUT2D eigenvalue weighted by molar-refractivity contribution is 5.94. The molecule has 0 saturated carbocycles. The zero-order valence-corrected chi connectivity index (χ0v) is 24.3. The average molecular weight is 570 g/mol. The summed E-state index contributed by atoms with van der Waals surface area (Å²) in [6, 6.07) is 33.1. The third kappa shape index (κ3) is 6.16. The fourth-order valence-corrected chi connectivity index (χ4v) is 5.19. The molecule has 0 aliphatic rings. The zero-order valence-electron chi connectivity index (χ0n) is 24.3. The van der Waals surface area contributed by atoms with Crippen LogP contribution in [0, 0.1) is 0 Å². The van der Waals surface area contributed by atoms with Crippen LogP contribution in [0.2, 0.25) is 0 Å². The van der Waals surface area contributed by atoms with E-state index in [4.69, 9.17) is 19.4 Å². The van der Waals surface area contributed by atoms with E-state index >= 15 is 0 Å². The van der Waals surface area contributed by atoms with Gasteiger partial charge in [0.1, 0.15) is 13.2 Å². The fraction of sp³-hybridized carbons (Fsp3) is 0.167. The number of fused-ring (bicyclic) bond motifs is 3. The molecule has 0 saturated heterocycles. The van der Waals surface area contributed by atoms with E-state index in [1.807, 2.05) is 24.3 Å². The number of carbonyl (C=O) groups excluding carboxylic acids is 2. The second kappa shape index (κ2) is 11.9. The summed E-state index contributed by atoms with van der Waals surface area (Å²) in [6.45, 7) is 5.30. The Kier molecular flexibility index (Phi) is 7.71. The summed E-state index contributed by atoms with van der Waals surface area (Å²) in [5.74, 6) is -0.630. The Morgan fingerprint density at radius 1 is 0.581 bits per heavy atom. The number of hydrogen-bond acceptors (Lipinski definition) is 7. The van der Waals surface area contributed by atoms with E-state index in [1.165, 1.54) is 13.8 Å². The number of nitrogens with zero attached hydrogens (tertiary/aromatic N) is 3. The molecule has 0 amide bonds. The van der Waals surface area contributed by atoms with Gasteiger partial charge in [0.2, 0.25) is 0 Å². The lowest BCUT2D eigenvalue weighted by Crippen LogP contribution is -2.10. The molecule has 6 rings (SSSR count). The summed E-state index contributed by atoms with van der Waals surface area (Å²) in [5, 5.41) is 4.17. The van der Waals surface area contributed by atoms with Gasteiger partial charge in [0, 0.05) is 47.4 Å². The first-order chi connectivity index (χ1) is 20.9. The lowest BCUT2D eigenvalue weighted by Gasteiger charge is -2.26. The van der Waals surface area contributed by atoms with E-state index in [-0.39, 0.29) is 25.2 Å². The summed E-state index contributed by atoms with van der Waals surface area (Å²) in [7, 11) is 0. The molecule has 0 aliphatic heterocycles. The number of anilines is 3. The van der Waals surface area contributed by atoms with Crippen LogP contribution in [-0.4, -0.2) is 21.9 Å². The number of carbonyl (C=O) groups is 2. The molecule has 0 radical (unpaired) electrons. The van der Waals surface area contributed by atoms with Crippen LogP contribution in [0.15, 0.2) is 97.1 Å². The van der Waals surface area contributed by atoms with E-state index in [0.29, 0.717) is 5.69 Å². The molecule has 7 nitrogen and oxygen atoms in total. The van der Waals surface area contributed by atoms with Crippen LogP contribution in [0.5, 0.6) is 0 Å². The molecule has 0 aliphatic carbocycles. The Morgan fingerprint density at radius 2 is 1.07 bits per heavy atom. The third-order valence-corrected chi connectivity index (χ3v) is 7.35. The molecule has 214 valence electrons. The van der Waals surface area contributed by atoms with E-state index in [9.17, 15) is 9.59 Å². The van der Waals surface area contributed by atoms with Crippen LogP contribution in [0.1, 0.15) is 37.7 Å². The van der Waals surface area contributed by atoms with Crippen molar-refractivity contribution in [1.82, 2.24) is 9.97 Å². The Balaban J connectivity index is 1.44. The van der Waals surface area contributed by atoms with Crippen molar-refractivity contribution in [3.63, 3.8) is 0 Å². The largest absolute Gasteiger partial charge is 0.461 e. The van der Waals surface area contributed by atoms with Gasteiger partial charge in [-0.05, 0) is 89.5 Å². The van der Waals surface area contributed by atoms with E-state index in [0.717, 1.165) is 67.3 Å². The first kappa shape index (κ1) is 27.8. The summed E-state index contributed by atoms with van der Waals surface area (Å²) in [4.78, 5) is 34.3. The Morgan fingerprint density at radius 3 is 1.70 bits per heavy atom. The van der Waals surface area contributed by atoms with Crippen molar-refractivity contribution in [2.24, 2.45) is 0 Å². The van der Waals surface area contributed by atoms with Crippen LogP contribution in [-0.2, 0) is 38.7 Å². The molecule has 7 heteroatoms. The molecule has 0 fully saturated rings. The molecule has 2 heterocycles. The highest BCUT2D eigenvalue weighted by Gasteiger charge is 2.16. The summed E-state index contributed by atoms with van der Waals surface area (Å²) >= 11 is 0. The maximum absolute atomic E-state index is 11.3. The van der Waals surface area contributed by atoms with Crippen molar-refractivity contribution in [2.75, 3.05) is 4.90 Å². The topological polar surface area (TPSA) is 81.6 Å². The number of aromatic nitrogens is 2. The van der Waals surface area contributed by atoms with Gasteiger partial charge in [0.15, 0.2) is 0 Å². The molecular formula is C36H31N3O4. The summed E-state index contributed by atoms with van der Waals surface area (Å²) < 4.78 is 10.3. The van der Waals surface area contributed by atoms with Gasteiger partial charge in [-0.25, -0.2) is 4.98 Å². The van der Waals surface area contributed by atoms with Crippen molar-refractivity contribution >= 4 is 61.6 Å². The van der Waals surface area contributed by atoms with Crippen molar-refractivity contribution < 1.29 is 19.1 Å². The van der Waals surface area contributed by atoms with Gasteiger partial charge < -0.3 is 14.4 Å². The van der Waals surface area contributed by atoms with Gasteiger partial charge in [-0.15, -0.1) is 0 Å². The number of aryl methyl sites for hydroxylation is 1. The Bertz CT molecular complexity index is 1900. The monoisotopic (exact) mass is 569 g/mol. The highest BCUT2D eigenvalue weighted by atomic mass is 16.5. The fourth-order valence-electron chi connectivity index (χ4n) is 5.19. The van der Waals surface area contributed by atoms with Gasteiger partial charge in [-0.3, -0.25) is 14.6 Å². The van der Waals surface area contributed by atoms with Crippen molar-refractivity contribution in [3.8, 4) is 0 Å². The molecule has 0 spiro atoms. The van der Waals surface area contributed by atoms with Crippen molar-refractivity contribution in [2.45, 2.75) is 40.4 Å². The molecule has 6 aromatic rings. The normalized spacial score (nSPS) is 11.1. The Hall–Kier alpha value is -5.30. The summed E-state index contributed by atoms with van der Waals surface area (Å²) in [5.41, 5.74) is 7.46. The minimum Gasteiger partial charge on any atom is -0.461 e. The first-order valence-electron chi connectivity index (χ1n) is 14.3. The lowest BCUT2D eigenvalue weighted by molar-refractivity contribution is -0.143. The predicted molar refractivity (Wildman–Crippen MR) is 170 cm³/mol. The van der Waals surface area contributed by atoms with E-state index < -0.39 is 0 Å². The quantitative estimate of drug-likeness (QED) is 0.171. The standard InChI is InChI=1S/C36H31N3O4/c1-4-30-10-7-28-19-33(13-15-35(28)37-30)39(32-12-9-26-17-25(21-42-23(2)40)5-6-27(26)18-32)34-14-16-36-29(20-34)8-11-31(38-36)22-43-24(3)41/h5-20H,4,21-22H2,1-3H3. The van der Waals surface area contributed by atoms with Gasteiger partial charge in [-0.2, -0.15) is 0 Å². The molecule has 0 N–H and O–H groups in total. The minimum absolute atomic E-state index is 0.143. The predicted octanol–water partition coefficient (Wildman–Crippen LogP) is 8.09. The highest BCUT2D eigenvalue weighted by Crippen LogP contribution is 2.38. The van der Waals surface area contributed by atoms with Gasteiger partial charge >= 0.3 is 11.9 Å². The van der Waals surface area contributed by atoms with Crippen LogP contribution in [0.25, 0.3) is 32.6 Å². The average Bonchev–Trinajstić information content (AvgIpc) is 3.02. The second-order valence-electron chi connectivity index (χ2n) is 10.5. The number of rotatable bonds is 8. The number of ether oxygens (including phenoxy) is 2. The van der Waals surface area contributed by atoms with Crippen molar-refractivity contribution in [1.29, 1.82) is 0 Å². The molecule has 0 atom stereocenters. The van der Waals surface area contributed by atoms with E-state index in [2.05, 4.69) is 84.6 Å². The summed E-state index contributed by atoms with van der Waals surface area (Å²) in [6.07, 6.45) is 0.886. The number of pyridine rings is 2. The van der Waals surface area contributed by atoms with Crippen LogP contribution >= 0.6 is 0 Å². The maximum atomic E-state index is 11.3. The lowest BCUT2D eigenvalue weighted by atomic mass is 10.0. The van der Waals surface area contributed by atoms with Crippen molar-refractivity contribution in [3.05, 3.63) is 114 Å². The SMILES string of the molecule is CCc1ccc2cc(N(c3ccc4cc(COC(C)=O)ccc4c3)c3ccc4nc(COC(C)=O)ccc4c3)ccc2n1. The zero-order chi connectivity index (χ0) is 29.9. The van der Waals surface area contributed by atoms with Gasteiger partial charge in [0.25, 0.3) is 0 Å². The second-order valence-corrected chi connectivity index (χ2v) is 10.5. The van der Waals surface area contributed by atoms with Gasteiger partial charge in [0.05, 0.1) is 16.7 Å². The smallest absolute Gasteiger partial charge is 0.303 e. The molecule has 0 bridgehead atoms. The first-order valence-corrected chi connectivity index (χ1v) is 14.3. The molecular weight excluding hydrogens is 538 g/mol. The number of esters is 2. The van der Waals surface area contributed by atoms with Crippen LogP contribution in [0.4, 0.5) is 17.1 Å². The minimum atomic E-state index is -0.333. The molecule has 0 unspecified atom stereocenters. The maximum Gasteiger partial charge on any atom is 0.303 e. The molecule has 4 aromatic carbocycles.